The Morgan fingerprint density at radius 1 is 1.33 bits per heavy atom. The van der Waals surface area contributed by atoms with Crippen LogP contribution in [0.1, 0.15) is 45.1 Å². The number of aliphatic hydroxyl groups excluding tert-OH is 1. The number of anilines is 1. The molecule has 134 valence electrons. The first-order chi connectivity index (χ1) is 11.5. The Hall–Kier alpha value is -1.75. The molecule has 24 heavy (non-hydrogen) atoms. The number of piperidine rings is 1. The molecule has 2 N–H and O–H groups in total. The standard InChI is InChI=1S/C19H30N2O3/c1-4-12-24-16-6-7-17(15(3)13-16)20-18(23)21-10-8-19(5-2,14-22)9-11-21/h6-7,13,22H,4-5,8-12,14H2,1-3H3,(H,20,23). The van der Waals surface area contributed by atoms with Gasteiger partial charge in [-0.1, -0.05) is 13.8 Å². The number of carbonyl (C=O) groups is 1. The zero-order valence-electron chi connectivity index (χ0n) is 15.1. The molecule has 5 nitrogen and oxygen atoms in total. The van der Waals surface area contributed by atoms with Crippen molar-refractivity contribution in [2.75, 3.05) is 31.6 Å². The number of aryl methyl sites for hydroxylation is 1. The van der Waals surface area contributed by atoms with Crippen molar-refractivity contribution in [1.82, 2.24) is 4.90 Å². The van der Waals surface area contributed by atoms with Crippen LogP contribution in [-0.4, -0.2) is 42.3 Å². The summed E-state index contributed by atoms with van der Waals surface area (Å²) in [5.41, 5.74) is 1.80. The average Bonchev–Trinajstić information content (AvgIpc) is 2.62. The predicted molar refractivity (Wildman–Crippen MR) is 96.6 cm³/mol. The fourth-order valence-corrected chi connectivity index (χ4v) is 3.09. The van der Waals surface area contributed by atoms with Gasteiger partial charge in [0.1, 0.15) is 5.75 Å². The highest BCUT2D eigenvalue weighted by atomic mass is 16.5. The minimum Gasteiger partial charge on any atom is -0.494 e. The zero-order chi connectivity index (χ0) is 17.6. The van der Waals surface area contributed by atoms with E-state index in [1.165, 1.54) is 0 Å². The maximum absolute atomic E-state index is 12.5. The molecule has 2 rings (SSSR count). The van der Waals surface area contributed by atoms with Crippen LogP contribution in [0.2, 0.25) is 0 Å². The minimum atomic E-state index is -0.0667. The van der Waals surface area contributed by atoms with Gasteiger partial charge in [-0.3, -0.25) is 0 Å². The Balaban J connectivity index is 1.93. The number of nitrogens with zero attached hydrogens (tertiary/aromatic N) is 1. The number of likely N-dealkylation sites (tertiary alicyclic amines) is 1. The molecule has 0 saturated carbocycles. The molecule has 5 heteroatoms. The van der Waals surface area contributed by atoms with Crippen LogP contribution in [0.3, 0.4) is 0 Å². The second-order valence-corrected chi connectivity index (χ2v) is 6.75. The van der Waals surface area contributed by atoms with Crippen LogP contribution in [-0.2, 0) is 0 Å². The summed E-state index contributed by atoms with van der Waals surface area (Å²) in [6, 6.07) is 5.67. The molecule has 0 bridgehead atoms. The van der Waals surface area contributed by atoms with Crippen LogP contribution < -0.4 is 10.1 Å². The molecule has 0 radical (unpaired) electrons. The van der Waals surface area contributed by atoms with Crippen molar-refractivity contribution in [2.45, 2.75) is 46.5 Å². The van der Waals surface area contributed by atoms with Crippen molar-refractivity contribution >= 4 is 11.7 Å². The van der Waals surface area contributed by atoms with Gasteiger partial charge in [0.2, 0.25) is 0 Å². The van der Waals surface area contributed by atoms with Crippen LogP contribution in [0.5, 0.6) is 5.75 Å². The smallest absolute Gasteiger partial charge is 0.321 e. The first-order valence-corrected chi connectivity index (χ1v) is 8.94. The molecule has 0 unspecified atom stereocenters. The van der Waals surface area contributed by atoms with Gasteiger partial charge in [-0.2, -0.15) is 0 Å². The highest BCUT2D eigenvalue weighted by Crippen LogP contribution is 2.34. The van der Waals surface area contributed by atoms with E-state index in [0.29, 0.717) is 19.7 Å². The molecule has 2 amide bonds. The van der Waals surface area contributed by atoms with Crippen molar-refractivity contribution in [3.8, 4) is 5.75 Å². The van der Waals surface area contributed by atoms with E-state index in [0.717, 1.165) is 42.7 Å². The number of ether oxygens (including phenoxy) is 1. The quantitative estimate of drug-likeness (QED) is 0.832. The Kier molecular flexibility index (Phi) is 6.49. The lowest BCUT2D eigenvalue weighted by atomic mass is 9.77. The minimum absolute atomic E-state index is 0.00897. The van der Waals surface area contributed by atoms with Crippen molar-refractivity contribution in [3.63, 3.8) is 0 Å². The van der Waals surface area contributed by atoms with Crippen molar-refractivity contribution in [2.24, 2.45) is 5.41 Å². The van der Waals surface area contributed by atoms with E-state index in [9.17, 15) is 9.90 Å². The molecule has 1 heterocycles. The predicted octanol–water partition coefficient (Wildman–Crippen LogP) is 3.80. The third kappa shape index (κ3) is 4.41. The van der Waals surface area contributed by atoms with Crippen LogP contribution >= 0.6 is 0 Å². The van der Waals surface area contributed by atoms with Gasteiger partial charge in [-0.25, -0.2) is 4.79 Å². The average molecular weight is 334 g/mol. The number of rotatable bonds is 6. The topological polar surface area (TPSA) is 61.8 Å². The maximum Gasteiger partial charge on any atom is 0.321 e. The molecule has 1 aliphatic heterocycles. The van der Waals surface area contributed by atoms with Gasteiger partial charge in [0.25, 0.3) is 0 Å². The largest absolute Gasteiger partial charge is 0.494 e. The van der Waals surface area contributed by atoms with Crippen LogP contribution in [0.4, 0.5) is 10.5 Å². The third-order valence-electron chi connectivity index (χ3n) is 5.11. The highest BCUT2D eigenvalue weighted by molar-refractivity contribution is 5.90. The normalized spacial score (nSPS) is 16.8. The van der Waals surface area contributed by atoms with Crippen molar-refractivity contribution in [3.05, 3.63) is 23.8 Å². The molecule has 1 fully saturated rings. The molecule has 0 atom stereocenters. The molecular weight excluding hydrogens is 304 g/mol. The van der Waals surface area contributed by atoms with Gasteiger partial charge in [-0.15, -0.1) is 0 Å². The first kappa shape index (κ1) is 18.6. The van der Waals surface area contributed by atoms with Gasteiger partial charge in [-0.05, 0) is 61.8 Å². The Labute approximate surface area is 145 Å². The van der Waals surface area contributed by atoms with E-state index in [1.54, 1.807) is 0 Å². The van der Waals surface area contributed by atoms with E-state index in [-0.39, 0.29) is 18.1 Å². The highest BCUT2D eigenvalue weighted by Gasteiger charge is 2.33. The lowest BCUT2D eigenvalue weighted by Gasteiger charge is -2.40. The fourth-order valence-electron chi connectivity index (χ4n) is 3.09. The summed E-state index contributed by atoms with van der Waals surface area (Å²) in [5, 5.41) is 12.6. The summed E-state index contributed by atoms with van der Waals surface area (Å²) < 4.78 is 5.61. The first-order valence-electron chi connectivity index (χ1n) is 8.94. The van der Waals surface area contributed by atoms with Gasteiger partial charge >= 0.3 is 6.03 Å². The van der Waals surface area contributed by atoms with E-state index < -0.39 is 0 Å². The molecule has 1 aromatic carbocycles. The maximum atomic E-state index is 12.5. The summed E-state index contributed by atoms with van der Waals surface area (Å²) in [4.78, 5) is 14.3. The SMILES string of the molecule is CCCOc1ccc(NC(=O)N2CCC(CC)(CO)CC2)c(C)c1. The Morgan fingerprint density at radius 2 is 2.04 bits per heavy atom. The fraction of sp³-hybridized carbons (Fsp3) is 0.632. The summed E-state index contributed by atoms with van der Waals surface area (Å²) in [5.74, 6) is 0.834. The molecular formula is C19H30N2O3. The summed E-state index contributed by atoms with van der Waals surface area (Å²) in [6.07, 6.45) is 3.64. The second-order valence-electron chi connectivity index (χ2n) is 6.75. The van der Waals surface area contributed by atoms with E-state index in [4.69, 9.17) is 4.74 Å². The summed E-state index contributed by atoms with van der Waals surface area (Å²) in [7, 11) is 0. The van der Waals surface area contributed by atoms with Gasteiger partial charge < -0.3 is 20.1 Å². The number of amides is 2. The number of benzene rings is 1. The number of carbonyl (C=O) groups excluding carboxylic acids is 1. The van der Waals surface area contributed by atoms with Gasteiger partial charge in [0.05, 0.1) is 6.61 Å². The van der Waals surface area contributed by atoms with Crippen LogP contribution in [0, 0.1) is 12.3 Å². The lowest BCUT2D eigenvalue weighted by Crippen LogP contribution is -2.46. The van der Waals surface area contributed by atoms with E-state index in [1.807, 2.05) is 30.0 Å². The molecule has 0 spiro atoms. The van der Waals surface area contributed by atoms with Gasteiger partial charge in [0.15, 0.2) is 0 Å². The molecule has 0 aliphatic carbocycles. The third-order valence-corrected chi connectivity index (χ3v) is 5.11. The zero-order valence-corrected chi connectivity index (χ0v) is 15.1. The molecule has 1 aromatic rings. The van der Waals surface area contributed by atoms with Crippen molar-refractivity contribution in [1.29, 1.82) is 0 Å². The van der Waals surface area contributed by atoms with Crippen LogP contribution in [0.15, 0.2) is 18.2 Å². The number of hydrogen-bond donors (Lipinski definition) is 2. The molecule has 1 saturated heterocycles. The van der Waals surface area contributed by atoms with Gasteiger partial charge in [0, 0.05) is 25.4 Å². The van der Waals surface area contributed by atoms with Crippen LogP contribution in [0.25, 0.3) is 0 Å². The van der Waals surface area contributed by atoms with E-state index in [2.05, 4.69) is 19.2 Å². The number of nitrogens with one attached hydrogen (secondary N) is 1. The number of hydrogen-bond acceptors (Lipinski definition) is 3. The second kappa shape index (κ2) is 8.38. The van der Waals surface area contributed by atoms with E-state index >= 15 is 0 Å². The Morgan fingerprint density at radius 3 is 2.58 bits per heavy atom. The summed E-state index contributed by atoms with van der Waals surface area (Å²) in [6.45, 7) is 8.44. The Bertz CT molecular complexity index is 546. The molecule has 0 aromatic heterocycles. The van der Waals surface area contributed by atoms with Crippen molar-refractivity contribution < 1.29 is 14.6 Å². The summed E-state index contributed by atoms with van der Waals surface area (Å²) >= 11 is 0. The number of urea groups is 1. The molecule has 1 aliphatic rings. The monoisotopic (exact) mass is 334 g/mol. The number of aliphatic hydroxyl groups is 1. The lowest BCUT2D eigenvalue weighted by molar-refractivity contribution is 0.0542.